The minimum Gasteiger partial charge on any atom is -0.492 e. The van der Waals surface area contributed by atoms with Crippen molar-refractivity contribution in [3.63, 3.8) is 0 Å². The molecule has 0 spiro atoms. The van der Waals surface area contributed by atoms with Crippen molar-refractivity contribution >= 4 is 5.91 Å². The second-order valence-electron chi connectivity index (χ2n) is 7.92. The van der Waals surface area contributed by atoms with Gasteiger partial charge < -0.3 is 9.64 Å². The quantitative estimate of drug-likeness (QED) is 0.716. The zero-order chi connectivity index (χ0) is 19.3. The first-order valence-corrected chi connectivity index (χ1v) is 10.1. The highest BCUT2D eigenvalue weighted by Gasteiger charge is 2.35. The van der Waals surface area contributed by atoms with Gasteiger partial charge in [0, 0.05) is 29.6 Å². The molecule has 27 heavy (non-hydrogen) atoms. The summed E-state index contributed by atoms with van der Waals surface area (Å²) in [6, 6.07) is 16.3. The molecule has 2 aromatic carbocycles. The maximum atomic E-state index is 12.5. The van der Waals surface area contributed by atoms with E-state index in [1.165, 1.54) is 17.5 Å². The fourth-order valence-corrected chi connectivity index (χ4v) is 3.69. The summed E-state index contributed by atoms with van der Waals surface area (Å²) in [4.78, 5) is 14.5. The van der Waals surface area contributed by atoms with E-state index in [1.807, 2.05) is 35.2 Å². The van der Waals surface area contributed by atoms with E-state index in [9.17, 15) is 4.79 Å². The summed E-state index contributed by atoms with van der Waals surface area (Å²) in [5.74, 6) is 1.05. The molecule has 0 bridgehead atoms. The van der Waals surface area contributed by atoms with Crippen molar-refractivity contribution in [3.05, 3.63) is 65.2 Å². The third kappa shape index (κ3) is 4.52. The number of fused-ring (bicyclic) bond motifs is 1. The Kier molecular flexibility index (Phi) is 6.20. The summed E-state index contributed by atoms with van der Waals surface area (Å²) in [7, 11) is 0. The molecule has 0 saturated carbocycles. The van der Waals surface area contributed by atoms with E-state index in [4.69, 9.17) is 4.74 Å². The number of ether oxygens (including phenoxy) is 1. The van der Waals surface area contributed by atoms with Crippen molar-refractivity contribution in [2.45, 2.75) is 51.9 Å². The van der Waals surface area contributed by atoms with E-state index in [2.05, 4.69) is 39.0 Å². The molecule has 3 nitrogen and oxygen atoms in total. The number of amides is 1. The molecule has 2 heterocycles. The zero-order valence-corrected chi connectivity index (χ0v) is 16.8. The van der Waals surface area contributed by atoms with Crippen LogP contribution in [0, 0.1) is 6.92 Å². The second kappa shape index (κ2) is 8.60. The van der Waals surface area contributed by atoms with Crippen LogP contribution in [0.5, 0.6) is 5.75 Å². The van der Waals surface area contributed by atoms with Crippen LogP contribution in [0.25, 0.3) is 0 Å². The number of rotatable bonds is 2. The average Bonchev–Trinajstić information content (AvgIpc) is 3.06. The lowest BCUT2D eigenvalue weighted by Gasteiger charge is -2.27. The number of likely N-dealkylation sites (tertiary alicyclic amines) is 1. The van der Waals surface area contributed by atoms with Gasteiger partial charge in [0.25, 0.3) is 5.91 Å². The maximum absolute atomic E-state index is 12.5. The molecule has 144 valence electrons. The number of carbonyl (C=O) groups is 1. The Morgan fingerprint density at radius 2 is 1.78 bits per heavy atom. The Bertz CT molecular complexity index is 765. The predicted molar refractivity (Wildman–Crippen MR) is 111 cm³/mol. The van der Waals surface area contributed by atoms with Gasteiger partial charge in [0.2, 0.25) is 0 Å². The van der Waals surface area contributed by atoms with Crippen LogP contribution in [0.15, 0.2) is 48.5 Å². The summed E-state index contributed by atoms with van der Waals surface area (Å²) >= 11 is 0. The highest BCUT2D eigenvalue weighted by molar-refractivity contribution is 5.95. The molecule has 1 atom stereocenters. The van der Waals surface area contributed by atoms with Crippen LogP contribution >= 0.6 is 0 Å². The molecule has 2 aliphatic rings. The molecule has 3 heteroatoms. The number of nitrogens with zero attached hydrogens (tertiary/aromatic N) is 1. The summed E-state index contributed by atoms with van der Waals surface area (Å²) in [5, 5.41) is 0. The predicted octanol–water partition coefficient (Wildman–Crippen LogP) is 5.37. The topological polar surface area (TPSA) is 29.5 Å². The van der Waals surface area contributed by atoms with Gasteiger partial charge >= 0.3 is 0 Å². The van der Waals surface area contributed by atoms with Crippen molar-refractivity contribution in [1.29, 1.82) is 0 Å². The zero-order valence-electron chi connectivity index (χ0n) is 16.8. The third-order valence-corrected chi connectivity index (χ3v) is 5.79. The minimum atomic E-state index is 0.0992. The SMILES string of the molecule is CCC1(C)COc2cc(C(=O)N3CCCCC3)ccc21.Cc1ccccc1. The number of carbonyl (C=O) groups excluding carboxylic acids is 1. The summed E-state index contributed by atoms with van der Waals surface area (Å²) in [5.41, 5.74) is 3.44. The van der Waals surface area contributed by atoms with E-state index in [0.29, 0.717) is 0 Å². The van der Waals surface area contributed by atoms with Gasteiger partial charge in [-0.05, 0) is 44.7 Å². The lowest BCUT2D eigenvalue weighted by atomic mass is 9.82. The smallest absolute Gasteiger partial charge is 0.253 e. The molecule has 2 aliphatic heterocycles. The standard InChI is InChI=1S/C17H23NO2.C7H8/c1-3-17(2)12-20-15-11-13(7-8-14(15)17)16(19)18-9-5-4-6-10-18;1-7-5-3-2-4-6-7/h7-8,11H,3-6,9-10,12H2,1-2H3;2-6H,1H3. The fourth-order valence-electron chi connectivity index (χ4n) is 3.69. The molecule has 1 unspecified atom stereocenters. The van der Waals surface area contributed by atoms with Gasteiger partial charge in [-0.3, -0.25) is 4.79 Å². The van der Waals surface area contributed by atoms with Crippen LogP contribution in [0.2, 0.25) is 0 Å². The first kappa shape index (κ1) is 19.5. The molecule has 1 amide bonds. The Labute approximate surface area is 163 Å². The molecule has 2 aromatic rings. The van der Waals surface area contributed by atoms with Crippen LogP contribution in [0.1, 0.15) is 61.0 Å². The summed E-state index contributed by atoms with van der Waals surface area (Å²) < 4.78 is 5.81. The van der Waals surface area contributed by atoms with E-state index in [1.54, 1.807) is 0 Å². The molecular formula is C24H31NO2. The molecular weight excluding hydrogens is 334 g/mol. The monoisotopic (exact) mass is 365 g/mol. The van der Waals surface area contributed by atoms with E-state index >= 15 is 0 Å². The minimum absolute atomic E-state index is 0.0992. The van der Waals surface area contributed by atoms with Crippen LogP contribution in [-0.2, 0) is 5.41 Å². The second-order valence-corrected chi connectivity index (χ2v) is 7.92. The lowest BCUT2D eigenvalue weighted by Crippen LogP contribution is -2.35. The highest BCUT2D eigenvalue weighted by atomic mass is 16.5. The first-order chi connectivity index (χ1) is 13.0. The molecule has 0 aromatic heterocycles. The van der Waals surface area contributed by atoms with Gasteiger partial charge in [0.1, 0.15) is 5.75 Å². The molecule has 0 aliphatic carbocycles. The summed E-state index contributed by atoms with van der Waals surface area (Å²) in [6.45, 7) is 9.00. The normalized spacial score (nSPS) is 20.9. The van der Waals surface area contributed by atoms with Gasteiger partial charge in [-0.2, -0.15) is 0 Å². The molecule has 0 radical (unpaired) electrons. The number of piperidine rings is 1. The lowest BCUT2D eigenvalue weighted by molar-refractivity contribution is 0.0724. The van der Waals surface area contributed by atoms with Gasteiger partial charge in [-0.1, -0.05) is 55.8 Å². The van der Waals surface area contributed by atoms with E-state index in [-0.39, 0.29) is 11.3 Å². The number of aryl methyl sites for hydroxylation is 1. The number of hydrogen-bond acceptors (Lipinski definition) is 2. The summed E-state index contributed by atoms with van der Waals surface area (Å²) in [6.07, 6.45) is 4.55. The van der Waals surface area contributed by atoms with Crippen molar-refractivity contribution in [2.75, 3.05) is 19.7 Å². The molecule has 4 rings (SSSR count). The Hall–Kier alpha value is -2.29. The van der Waals surface area contributed by atoms with Gasteiger partial charge in [0.15, 0.2) is 0 Å². The van der Waals surface area contributed by atoms with Crippen molar-refractivity contribution in [3.8, 4) is 5.75 Å². The van der Waals surface area contributed by atoms with Gasteiger partial charge in [-0.15, -0.1) is 0 Å². The van der Waals surface area contributed by atoms with Crippen LogP contribution < -0.4 is 4.74 Å². The molecule has 0 N–H and O–H groups in total. The first-order valence-electron chi connectivity index (χ1n) is 10.1. The van der Waals surface area contributed by atoms with Crippen LogP contribution in [0.4, 0.5) is 0 Å². The van der Waals surface area contributed by atoms with Crippen LogP contribution in [0.3, 0.4) is 0 Å². The van der Waals surface area contributed by atoms with Crippen molar-refractivity contribution in [2.24, 2.45) is 0 Å². The Morgan fingerprint density at radius 3 is 2.37 bits per heavy atom. The molecule has 1 saturated heterocycles. The van der Waals surface area contributed by atoms with Crippen LogP contribution in [-0.4, -0.2) is 30.5 Å². The average molecular weight is 366 g/mol. The fraction of sp³-hybridized carbons (Fsp3) is 0.458. The highest BCUT2D eigenvalue weighted by Crippen LogP contribution is 2.41. The maximum Gasteiger partial charge on any atom is 0.253 e. The van der Waals surface area contributed by atoms with Crippen molar-refractivity contribution in [1.82, 2.24) is 4.90 Å². The third-order valence-electron chi connectivity index (χ3n) is 5.79. The van der Waals surface area contributed by atoms with Crippen molar-refractivity contribution < 1.29 is 9.53 Å². The Balaban J connectivity index is 0.000000253. The van der Waals surface area contributed by atoms with Gasteiger partial charge in [-0.25, -0.2) is 0 Å². The van der Waals surface area contributed by atoms with Gasteiger partial charge in [0.05, 0.1) is 6.61 Å². The van der Waals surface area contributed by atoms with E-state index in [0.717, 1.165) is 50.3 Å². The Morgan fingerprint density at radius 1 is 1.07 bits per heavy atom. The number of hydrogen-bond donors (Lipinski definition) is 0. The molecule has 1 fully saturated rings. The largest absolute Gasteiger partial charge is 0.492 e. The number of benzene rings is 2. The van der Waals surface area contributed by atoms with E-state index < -0.39 is 0 Å².